The highest BCUT2D eigenvalue weighted by molar-refractivity contribution is 9.10. The molecule has 0 fully saturated rings. The van der Waals surface area contributed by atoms with Gasteiger partial charge in [0.05, 0.1) is 6.54 Å². The molecule has 0 unspecified atom stereocenters. The maximum Gasteiger partial charge on any atom is 0.171 e. The molecule has 0 aliphatic carbocycles. The molecule has 0 saturated heterocycles. The van der Waals surface area contributed by atoms with E-state index in [1.165, 1.54) is 4.88 Å². The molecule has 0 spiro atoms. The van der Waals surface area contributed by atoms with Gasteiger partial charge in [-0.2, -0.15) is 0 Å². The number of anilines is 1. The summed E-state index contributed by atoms with van der Waals surface area (Å²) in [6, 6.07) is 12.0. The second-order valence-electron chi connectivity index (χ2n) is 3.40. The van der Waals surface area contributed by atoms with Crippen LogP contribution < -0.4 is 10.6 Å². The smallest absolute Gasteiger partial charge is 0.171 e. The normalized spacial score (nSPS) is 9.94. The Hall–Kier alpha value is -0.910. The van der Waals surface area contributed by atoms with Gasteiger partial charge < -0.3 is 10.6 Å². The number of halogens is 1. The van der Waals surface area contributed by atoms with Gasteiger partial charge in [0.25, 0.3) is 0 Å². The van der Waals surface area contributed by atoms with Crippen LogP contribution in [0.5, 0.6) is 0 Å². The number of benzene rings is 1. The lowest BCUT2D eigenvalue weighted by atomic mass is 10.3. The van der Waals surface area contributed by atoms with E-state index < -0.39 is 0 Å². The van der Waals surface area contributed by atoms with Gasteiger partial charge in [-0.1, -0.05) is 18.2 Å². The van der Waals surface area contributed by atoms with E-state index in [9.17, 15) is 0 Å². The summed E-state index contributed by atoms with van der Waals surface area (Å²) in [6.45, 7) is 0.745. The lowest BCUT2D eigenvalue weighted by Gasteiger charge is -2.09. The summed E-state index contributed by atoms with van der Waals surface area (Å²) in [5, 5.41) is 9.00. The van der Waals surface area contributed by atoms with Crippen molar-refractivity contribution in [3.8, 4) is 0 Å². The molecule has 2 nitrogen and oxygen atoms in total. The summed E-state index contributed by atoms with van der Waals surface area (Å²) in [7, 11) is 0. The summed E-state index contributed by atoms with van der Waals surface area (Å²) in [5.41, 5.74) is 0.998. The molecule has 1 heterocycles. The first-order valence-corrected chi connectivity index (χ1v) is 7.15. The van der Waals surface area contributed by atoms with Gasteiger partial charge in [0.2, 0.25) is 0 Å². The molecule has 5 heteroatoms. The highest BCUT2D eigenvalue weighted by Crippen LogP contribution is 2.19. The van der Waals surface area contributed by atoms with Gasteiger partial charge in [-0.3, -0.25) is 0 Å². The van der Waals surface area contributed by atoms with Crippen LogP contribution in [0.4, 0.5) is 5.69 Å². The zero-order valence-electron chi connectivity index (χ0n) is 8.94. The minimum Gasteiger partial charge on any atom is -0.358 e. The van der Waals surface area contributed by atoms with Gasteiger partial charge in [-0.05, 0) is 46.3 Å². The Labute approximate surface area is 118 Å². The molecule has 88 valence electrons. The first-order valence-electron chi connectivity index (χ1n) is 5.07. The Kier molecular flexibility index (Phi) is 4.53. The van der Waals surface area contributed by atoms with Crippen LogP contribution in [0.15, 0.2) is 46.3 Å². The molecule has 0 bridgehead atoms. The Bertz CT molecular complexity index is 496. The van der Waals surface area contributed by atoms with Gasteiger partial charge >= 0.3 is 0 Å². The van der Waals surface area contributed by atoms with Crippen molar-refractivity contribution in [1.82, 2.24) is 5.32 Å². The number of hydrogen-bond acceptors (Lipinski definition) is 2. The monoisotopic (exact) mass is 326 g/mol. The molecule has 0 amide bonds. The number of hydrogen-bond donors (Lipinski definition) is 2. The second kappa shape index (κ2) is 6.14. The Morgan fingerprint density at radius 1 is 1.29 bits per heavy atom. The van der Waals surface area contributed by atoms with E-state index in [1.807, 2.05) is 30.3 Å². The zero-order chi connectivity index (χ0) is 12.1. The molecule has 0 saturated carbocycles. The molecule has 0 aliphatic heterocycles. The molecule has 1 aromatic carbocycles. The first-order chi connectivity index (χ1) is 8.24. The van der Waals surface area contributed by atoms with Crippen molar-refractivity contribution >= 4 is 50.3 Å². The number of para-hydroxylation sites is 1. The van der Waals surface area contributed by atoms with Crippen molar-refractivity contribution in [3.05, 3.63) is 51.1 Å². The van der Waals surface area contributed by atoms with Crippen molar-refractivity contribution in [2.75, 3.05) is 5.32 Å². The number of thiophene rings is 1. The Morgan fingerprint density at radius 3 is 2.71 bits per heavy atom. The third-order valence-electron chi connectivity index (χ3n) is 2.08. The van der Waals surface area contributed by atoms with Crippen LogP contribution in [0, 0.1) is 0 Å². The largest absolute Gasteiger partial charge is 0.358 e. The molecule has 2 N–H and O–H groups in total. The van der Waals surface area contributed by atoms with E-state index in [2.05, 4.69) is 38.0 Å². The number of thiocarbonyl (C=S) groups is 1. The second-order valence-corrected chi connectivity index (χ2v) is 5.72. The van der Waals surface area contributed by atoms with Crippen molar-refractivity contribution in [3.63, 3.8) is 0 Å². The molecule has 0 aliphatic rings. The highest BCUT2D eigenvalue weighted by atomic mass is 79.9. The predicted molar refractivity (Wildman–Crippen MR) is 81.5 cm³/mol. The summed E-state index contributed by atoms with van der Waals surface area (Å²) in [5.74, 6) is 0. The standard InChI is InChI=1S/C12H11BrN2S2/c13-9-6-11(17-8-9)7-14-12(16)15-10-4-2-1-3-5-10/h1-6,8H,7H2,(H2,14,15,16). The van der Waals surface area contributed by atoms with Crippen LogP contribution in [-0.4, -0.2) is 5.11 Å². The minimum atomic E-state index is 0.640. The summed E-state index contributed by atoms with van der Waals surface area (Å²) in [4.78, 5) is 1.24. The van der Waals surface area contributed by atoms with E-state index in [-0.39, 0.29) is 0 Å². The third-order valence-corrected chi connectivity index (χ3v) is 4.02. The van der Waals surface area contributed by atoms with Gasteiger partial charge in [-0.25, -0.2) is 0 Å². The maximum absolute atomic E-state index is 5.21. The van der Waals surface area contributed by atoms with Gasteiger partial charge in [0.15, 0.2) is 5.11 Å². The van der Waals surface area contributed by atoms with Gasteiger partial charge in [0.1, 0.15) is 0 Å². The molecule has 17 heavy (non-hydrogen) atoms. The molecular weight excluding hydrogens is 316 g/mol. The summed E-state index contributed by atoms with van der Waals surface area (Å²) >= 11 is 10.3. The van der Waals surface area contributed by atoms with E-state index >= 15 is 0 Å². The van der Waals surface area contributed by atoms with Crippen molar-refractivity contribution < 1.29 is 0 Å². The molecular formula is C12H11BrN2S2. The highest BCUT2D eigenvalue weighted by Gasteiger charge is 1.99. The van der Waals surface area contributed by atoms with Crippen LogP contribution in [0.2, 0.25) is 0 Å². The third kappa shape index (κ3) is 4.11. The fourth-order valence-corrected chi connectivity index (χ4v) is 2.89. The average molecular weight is 327 g/mol. The number of nitrogens with one attached hydrogen (secondary N) is 2. The average Bonchev–Trinajstić information content (AvgIpc) is 2.74. The fraction of sp³-hybridized carbons (Fsp3) is 0.0833. The molecule has 0 radical (unpaired) electrons. The summed E-state index contributed by atoms with van der Waals surface area (Å²) < 4.78 is 1.11. The van der Waals surface area contributed by atoms with Crippen molar-refractivity contribution in [1.29, 1.82) is 0 Å². The van der Waals surface area contributed by atoms with Crippen LogP contribution in [0.25, 0.3) is 0 Å². The van der Waals surface area contributed by atoms with E-state index in [1.54, 1.807) is 11.3 Å². The predicted octanol–water partition coefficient (Wildman–Crippen LogP) is 4.00. The maximum atomic E-state index is 5.21. The zero-order valence-corrected chi connectivity index (χ0v) is 12.2. The minimum absolute atomic E-state index is 0.640. The molecule has 2 aromatic rings. The van der Waals surface area contributed by atoms with Gasteiger partial charge in [-0.15, -0.1) is 11.3 Å². The lowest BCUT2D eigenvalue weighted by molar-refractivity contribution is 0.946. The van der Waals surface area contributed by atoms with Crippen molar-refractivity contribution in [2.45, 2.75) is 6.54 Å². The van der Waals surface area contributed by atoms with Crippen LogP contribution in [0.1, 0.15) is 4.88 Å². The topological polar surface area (TPSA) is 24.1 Å². The summed E-state index contributed by atoms with van der Waals surface area (Å²) in [6.07, 6.45) is 0. The van der Waals surface area contributed by atoms with Crippen LogP contribution in [-0.2, 0) is 6.54 Å². The molecule has 2 rings (SSSR count). The van der Waals surface area contributed by atoms with E-state index in [0.717, 1.165) is 16.7 Å². The van der Waals surface area contributed by atoms with Gasteiger partial charge in [0, 0.05) is 20.4 Å². The number of rotatable bonds is 3. The molecule has 0 atom stereocenters. The first kappa shape index (κ1) is 12.5. The van der Waals surface area contributed by atoms with E-state index in [0.29, 0.717) is 5.11 Å². The Balaban J connectivity index is 1.82. The van der Waals surface area contributed by atoms with Crippen LogP contribution >= 0.6 is 39.5 Å². The Morgan fingerprint density at radius 2 is 2.06 bits per heavy atom. The molecule has 1 aromatic heterocycles. The van der Waals surface area contributed by atoms with E-state index in [4.69, 9.17) is 12.2 Å². The lowest BCUT2D eigenvalue weighted by Crippen LogP contribution is -2.27. The fourth-order valence-electron chi connectivity index (χ4n) is 1.31. The van der Waals surface area contributed by atoms with Crippen molar-refractivity contribution in [2.24, 2.45) is 0 Å². The van der Waals surface area contributed by atoms with Crippen LogP contribution in [0.3, 0.4) is 0 Å². The quantitative estimate of drug-likeness (QED) is 0.834. The SMILES string of the molecule is S=C(NCc1cc(Br)cs1)Nc1ccccc1.